The molecule has 0 radical (unpaired) electrons. The van der Waals surface area contributed by atoms with Crippen molar-refractivity contribution >= 4 is 12.0 Å². The van der Waals surface area contributed by atoms with E-state index >= 15 is 0 Å². The fraction of sp³-hybridized carbons (Fsp3) is 0.846. The zero-order valence-electron chi connectivity index (χ0n) is 11.3. The number of rotatable bonds is 6. The van der Waals surface area contributed by atoms with E-state index in [4.69, 9.17) is 5.11 Å². The normalized spacial score (nSPS) is 20.8. The van der Waals surface area contributed by atoms with Crippen LogP contribution in [0.2, 0.25) is 0 Å². The summed E-state index contributed by atoms with van der Waals surface area (Å²) in [5.74, 6) is -0.371. The summed E-state index contributed by atoms with van der Waals surface area (Å²) in [7, 11) is 0. The number of carboxylic acid groups (broad SMARTS) is 1. The number of hydrogen-bond acceptors (Lipinski definition) is 2. The zero-order valence-corrected chi connectivity index (χ0v) is 11.3. The van der Waals surface area contributed by atoms with Crippen LogP contribution < -0.4 is 5.32 Å². The topological polar surface area (TPSA) is 69.6 Å². The molecular weight excluding hydrogens is 232 g/mol. The Morgan fingerprint density at radius 1 is 1.39 bits per heavy atom. The van der Waals surface area contributed by atoms with Crippen LogP contribution in [-0.4, -0.2) is 41.1 Å². The molecule has 1 aliphatic heterocycles. The minimum absolute atomic E-state index is 0.227. The highest BCUT2D eigenvalue weighted by Crippen LogP contribution is 2.20. The Balaban J connectivity index is 2.42. The molecule has 1 rings (SSSR count). The Bertz CT molecular complexity index is 294. The van der Waals surface area contributed by atoms with Crippen molar-refractivity contribution in [3.05, 3.63) is 0 Å². The highest BCUT2D eigenvalue weighted by Gasteiger charge is 2.28. The number of aliphatic carboxylic acids is 1. The molecule has 0 bridgehead atoms. The summed E-state index contributed by atoms with van der Waals surface area (Å²) >= 11 is 0. The van der Waals surface area contributed by atoms with Gasteiger partial charge >= 0.3 is 12.0 Å². The van der Waals surface area contributed by atoms with Crippen molar-refractivity contribution in [2.75, 3.05) is 13.1 Å². The van der Waals surface area contributed by atoms with Gasteiger partial charge in [0.1, 0.15) is 6.04 Å². The Morgan fingerprint density at radius 2 is 2.11 bits per heavy atom. The maximum atomic E-state index is 11.9. The van der Waals surface area contributed by atoms with Crippen LogP contribution in [-0.2, 0) is 4.79 Å². The third-order valence-electron chi connectivity index (χ3n) is 3.44. The molecule has 0 aromatic rings. The molecule has 0 saturated carbocycles. The lowest BCUT2D eigenvalue weighted by atomic mass is 10.0. The third kappa shape index (κ3) is 4.20. The van der Waals surface area contributed by atoms with Crippen LogP contribution in [0.5, 0.6) is 0 Å². The lowest BCUT2D eigenvalue weighted by Crippen LogP contribution is -2.47. The first-order valence-electron chi connectivity index (χ1n) is 6.86. The average molecular weight is 256 g/mol. The van der Waals surface area contributed by atoms with Crippen molar-refractivity contribution in [1.29, 1.82) is 0 Å². The third-order valence-corrected chi connectivity index (χ3v) is 3.44. The minimum Gasteiger partial charge on any atom is -0.480 e. The van der Waals surface area contributed by atoms with Gasteiger partial charge in [-0.1, -0.05) is 26.7 Å². The molecule has 1 aliphatic rings. The van der Waals surface area contributed by atoms with Gasteiger partial charge in [-0.3, -0.25) is 0 Å². The number of nitrogens with one attached hydrogen (secondary N) is 1. The maximum absolute atomic E-state index is 11.9. The number of carbonyl (C=O) groups is 2. The van der Waals surface area contributed by atoms with E-state index in [1.165, 1.54) is 0 Å². The van der Waals surface area contributed by atoms with Gasteiger partial charge in [-0.05, 0) is 25.2 Å². The maximum Gasteiger partial charge on any atom is 0.326 e. The highest BCUT2D eigenvalue weighted by molar-refractivity contribution is 5.82. The highest BCUT2D eigenvalue weighted by atomic mass is 16.4. The van der Waals surface area contributed by atoms with Crippen LogP contribution >= 0.6 is 0 Å². The Kier molecular flexibility index (Phi) is 5.95. The largest absolute Gasteiger partial charge is 0.480 e. The summed E-state index contributed by atoms with van der Waals surface area (Å²) in [5, 5.41) is 11.6. The lowest BCUT2D eigenvalue weighted by molar-refractivity contribution is -0.139. The molecule has 104 valence electrons. The molecule has 1 heterocycles. The molecule has 5 nitrogen and oxygen atoms in total. The van der Waals surface area contributed by atoms with Gasteiger partial charge in [0.05, 0.1) is 0 Å². The van der Waals surface area contributed by atoms with E-state index in [9.17, 15) is 9.59 Å². The second-order valence-electron chi connectivity index (χ2n) is 5.02. The molecular formula is C13H24N2O3. The summed E-state index contributed by atoms with van der Waals surface area (Å²) in [6.07, 6.45) is 4.53. The van der Waals surface area contributed by atoms with E-state index in [1.807, 2.05) is 6.92 Å². The van der Waals surface area contributed by atoms with Crippen LogP contribution in [0.25, 0.3) is 0 Å². The molecule has 5 heteroatoms. The lowest BCUT2D eigenvalue weighted by Gasteiger charge is -2.20. The van der Waals surface area contributed by atoms with Crippen molar-refractivity contribution in [2.24, 2.45) is 5.92 Å². The number of amides is 2. The van der Waals surface area contributed by atoms with Gasteiger partial charge in [0.2, 0.25) is 0 Å². The average Bonchev–Trinajstić information content (AvgIpc) is 2.77. The van der Waals surface area contributed by atoms with Crippen molar-refractivity contribution in [2.45, 2.75) is 52.0 Å². The van der Waals surface area contributed by atoms with E-state index in [1.54, 1.807) is 4.90 Å². The number of carbonyl (C=O) groups excluding carboxylic acids is 1. The summed E-state index contributed by atoms with van der Waals surface area (Å²) in [6.45, 7) is 5.56. The minimum atomic E-state index is -0.950. The van der Waals surface area contributed by atoms with Crippen LogP contribution in [0, 0.1) is 5.92 Å². The molecule has 0 aromatic carbocycles. The van der Waals surface area contributed by atoms with Crippen LogP contribution in [0.3, 0.4) is 0 Å². The number of hydrogen-bond donors (Lipinski definition) is 2. The van der Waals surface area contributed by atoms with Crippen LogP contribution in [0.4, 0.5) is 4.79 Å². The summed E-state index contributed by atoms with van der Waals surface area (Å²) in [6, 6.07) is -0.984. The molecule has 2 amide bonds. The van der Waals surface area contributed by atoms with Gasteiger partial charge < -0.3 is 15.3 Å². The van der Waals surface area contributed by atoms with E-state index in [2.05, 4.69) is 12.2 Å². The first-order valence-corrected chi connectivity index (χ1v) is 6.86. The Morgan fingerprint density at radius 3 is 2.67 bits per heavy atom. The van der Waals surface area contributed by atoms with Crippen LogP contribution in [0.1, 0.15) is 46.0 Å². The van der Waals surface area contributed by atoms with Gasteiger partial charge in [0.25, 0.3) is 0 Å². The monoisotopic (exact) mass is 256 g/mol. The van der Waals surface area contributed by atoms with Gasteiger partial charge in [0, 0.05) is 13.1 Å². The van der Waals surface area contributed by atoms with Crippen molar-refractivity contribution < 1.29 is 14.7 Å². The summed E-state index contributed by atoms with van der Waals surface area (Å²) in [4.78, 5) is 24.7. The van der Waals surface area contributed by atoms with E-state index in [0.29, 0.717) is 12.3 Å². The zero-order chi connectivity index (χ0) is 13.5. The molecule has 1 saturated heterocycles. The predicted octanol–water partition coefficient (Wildman–Crippen LogP) is 2.07. The number of likely N-dealkylation sites (tertiary alicyclic amines) is 1. The summed E-state index contributed by atoms with van der Waals surface area (Å²) in [5.41, 5.74) is 0. The first-order chi connectivity index (χ1) is 8.58. The smallest absolute Gasteiger partial charge is 0.326 e. The Labute approximate surface area is 109 Å². The van der Waals surface area contributed by atoms with Gasteiger partial charge in [-0.15, -0.1) is 0 Å². The molecule has 1 unspecified atom stereocenters. The van der Waals surface area contributed by atoms with Crippen molar-refractivity contribution in [3.8, 4) is 0 Å². The fourth-order valence-electron chi connectivity index (χ4n) is 2.45. The van der Waals surface area contributed by atoms with Gasteiger partial charge in [0.15, 0.2) is 0 Å². The number of urea groups is 1. The Hall–Kier alpha value is -1.26. The fourth-order valence-corrected chi connectivity index (χ4v) is 2.45. The molecule has 18 heavy (non-hydrogen) atoms. The van der Waals surface area contributed by atoms with Gasteiger partial charge in [-0.25, -0.2) is 9.59 Å². The quantitative estimate of drug-likeness (QED) is 0.764. The number of carboxylic acids is 1. The van der Waals surface area contributed by atoms with E-state index < -0.39 is 12.0 Å². The second kappa shape index (κ2) is 7.24. The number of nitrogens with zero attached hydrogens (tertiary/aromatic N) is 1. The van der Waals surface area contributed by atoms with Crippen LogP contribution in [0.15, 0.2) is 0 Å². The molecule has 0 aromatic heterocycles. The molecule has 2 atom stereocenters. The van der Waals surface area contributed by atoms with E-state index in [0.717, 1.165) is 38.8 Å². The van der Waals surface area contributed by atoms with Gasteiger partial charge in [-0.2, -0.15) is 0 Å². The molecule has 0 aliphatic carbocycles. The van der Waals surface area contributed by atoms with Crippen molar-refractivity contribution in [3.63, 3.8) is 0 Å². The second-order valence-corrected chi connectivity index (χ2v) is 5.02. The molecule has 2 N–H and O–H groups in total. The SMILES string of the molecule is CCCC1CCN(C(=O)N[C@@H](CCC)C(=O)O)C1. The molecule has 1 fully saturated rings. The van der Waals surface area contributed by atoms with E-state index in [-0.39, 0.29) is 6.03 Å². The predicted molar refractivity (Wildman–Crippen MR) is 69.5 cm³/mol. The molecule has 0 spiro atoms. The summed E-state index contributed by atoms with van der Waals surface area (Å²) < 4.78 is 0. The first kappa shape index (κ1) is 14.8. The standard InChI is InChI=1S/C13H24N2O3/c1-3-5-10-7-8-15(9-10)13(18)14-11(6-4-2)12(16)17/h10-11H,3-9H2,1-2H3,(H,14,18)(H,16,17)/t10?,11-/m0/s1. The van der Waals surface area contributed by atoms with Crippen molar-refractivity contribution in [1.82, 2.24) is 10.2 Å².